The third-order valence-electron chi connectivity index (χ3n) is 4.40. The Hall–Kier alpha value is -1.39. The summed E-state index contributed by atoms with van der Waals surface area (Å²) in [6.45, 7) is 9.24. The first kappa shape index (κ1) is 17.0. The number of hydrogen-bond donors (Lipinski definition) is 1. The van der Waals surface area contributed by atoms with Gasteiger partial charge >= 0.3 is 0 Å². The SMILES string of the molecule is CCN(Cc1cccc(C(=O)NC)c1)C1CCOC(C)(C)C1. The predicted octanol–water partition coefficient (Wildman–Crippen LogP) is 2.83. The van der Waals surface area contributed by atoms with Gasteiger partial charge in [-0.15, -0.1) is 0 Å². The van der Waals surface area contributed by atoms with Gasteiger partial charge in [-0.25, -0.2) is 0 Å². The quantitative estimate of drug-likeness (QED) is 0.909. The van der Waals surface area contributed by atoms with E-state index in [1.165, 1.54) is 5.56 Å². The number of amides is 1. The van der Waals surface area contributed by atoms with Crippen LogP contribution in [0.15, 0.2) is 24.3 Å². The lowest BCUT2D eigenvalue weighted by molar-refractivity contribution is -0.0838. The number of carbonyl (C=O) groups is 1. The summed E-state index contributed by atoms with van der Waals surface area (Å²) in [5.41, 5.74) is 1.87. The molecule has 1 atom stereocenters. The molecule has 1 amide bonds. The highest BCUT2D eigenvalue weighted by molar-refractivity contribution is 5.94. The zero-order chi connectivity index (χ0) is 16.2. The molecule has 1 aromatic carbocycles. The van der Waals surface area contributed by atoms with E-state index in [1.54, 1.807) is 7.05 Å². The zero-order valence-corrected chi connectivity index (χ0v) is 14.2. The molecule has 4 nitrogen and oxygen atoms in total. The average Bonchev–Trinajstić information content (AvgIpc) is 2.51. The fraction of sp³-hybridized carbons (Fsp3) is 0.611. The summed E-state index contributed by atoms with van der Waals surface area (Å²) in [6.07, 6.45) is 2.13. The second-order valence-electron chi connectivity index (χ2n) is 6.60. The van der Waals surface area contributed by atoms with Gasteiger partial charge in [-0.05, 0) is 50.9 Å². The average molecular weight is 304 g/mol. The van der Waals surface area contributed by atoms with Crippen LogP contribution in [0, 0.1) is 0 Å². The lowest BCUT2D eigenvalue weighted by atomic mass is 9.92. The highest BCUT2D eigenvalue weighted by atomic mass is 16.5. The minimum atomic E-state index is -0.0414. The van der Waals surface area contributed by atoms with Crippen molar-refractivity contribution in [1.82, 2.24) is 10.2 Å². The maximum absolute atomic E-state index is 11.8. The van der Waals surface area contributed by atoms with Gasteiger partial charge in [0.1, 0.15) is 0 Å². The minimum absolute atomic E-state index is 0.0305. The van der Waals surface area contributed by atoms with Crippen molar-refractivity contribution in [2.24, 2.45) is 0 Å². The van der Waals surface area contributed by atoms with Gasteiger partial charge < -0.3 is 10.1 Å². The van der Waals surface area contributed by atoms with Crippen molar-refractivity contribution in [2.75, 3.05) is 20.2 Å². The Bertz CT molecular complexity index is 514. The number of nitrogens with one attached hydrogen (secondary N) is 1. The van der Waals surface area contributed by atoms with Crippen molar-refractivity contribution in [3.05, 3.63) is 35.4 Å². The van der Waals surface area contributed by atoms with E-state index in [4.69, 9.17) is 4.74 Å². The third-order valence-corrected chi connectivity index (χ3v) is 4.40. The van der Waals surface area contributed by atoms with Crippen LogP contribution in [-0.2, 0) is 11.3 Å². The molecule has 1 fully saturated rings. The van der Waals surface area contributed by atoms with Gasteiger partial charge in [-0.2, -0.15) is 0 Å². The zero-order valence-electron chi connectivity index (χ0n) is 14.2. The Morgan fingerprint density at radius 3 is 2.86 bits per heavy atom. The maximum Gasteiger partial charge on any atom is 0.251 e. The van der Waals surface area contributed by atoms with E-state index < -0.39 is 0 Å². The molecule has 1 heterocycles. The highest BCUT2D eigenvalue weighted by Crippen LogP contribution is 2.28. The highest BCUT2D eigenvalue weighted by Gasteiger charge is 2.31. The third kappa shape index (κ3) is 4.31. The number of rotatable bonds is 5. The van der Waals surface area contributed by atoms with Crippen molar-refractivity contribution < 1.29 is 9.53 Å². The lowest BCUT2D eigenvalue weighted by Gasteiger charge is -2.41. The smallest absolute Gasteiger partial charge is 0.251 e. The molecule has 1 aliphatic rings. The molecule has 1 aliphatic heterocycles. The van der Waals surface area contributed by atoms with Crippen LogP contribution in [0.3, 0.4) is 0 Å². The van der Waals surface area contributed by atoms with E-state index in [0.29, 0.717) is 6.04 Å². The normalized spacial score (nSPS) is 20.9. The van der Waals surface area contributed by atoms with Gasteiger partial charge in [0.15, 0.2) is 0 Å². The van der Waals surface area contributed by atoms with Gasteiger partial charge in [0, 0.05) is 31.8 Å². The fourth-order valence-electron chi connectivity index (χ4n) is 3.20. The van der Waals surface area contributed by atoms with Crippen molar-refractivity contribution in [2.45, 2.75) is 51.8 Å². The first-order chi connectivity index (χ1) is 10.4. The van der Waals surface area contributed by atoms with Crippen LogP contribution >= 0.6 is 0 Å². The van der Waals surface area contributed by atoms with Crippen LogP contribution < -0.4 is 5.32 Å². The van der Waals surface area contributed by atoms with Crippen molar-refractivity contribution in [1.29, 1.82) is 0 Å². The molecular weight excluding hydrogens is 276 g/mol. The molecule has 22 heavy (non-hydrogen) atoms. The summed E-state index contributed by atoms with van der Waals surface area (Å²) in [5.74, 6) is -0.0305. The fourth-order valence-corrected chi connectivity index (χ4v) is 3.20. The van der Waals surface area contributed by atoms with Crippen molar-refractivity contribution in [3.63, 3.8) is 0 Å². The Morgan fingerprint density at radius 2 is 2.23 bits per heavy atom. The molecule has 1 aromatic rings. The number of nitrogens with zero attached hydrogens (tertiary/aromatic N) is 1. The largest absolute Gasteiger partial charge is 0.375 e. The molecule has 0 bridgehead atoms. The van der Waals surface area contributed by atoms with Crippen LogP contribution in [0.5, 0.6) is 0 Å². The van der Waals surface area contributed by atoms with Gasteiger partial charge in [-0.1, -0.05) is 19.1 Å². The summed E-state index contributed by atoms with van der Waals surface area (Å²) in [4.78, 5) is 14.3. The first-order valence-corrected chi connectivity index (χ1v) is 8.14. The summed E-state index contributed by atoms with van der Waals surface area (Å²) in [6, 6.07) is 8.45. The second-order valence-corrected chi connectivity index (χ2v) is 6.60. The Balaban J connectivity index is 2.08. The van der Waals surface area contributed by atoms with E-state index in [-0.39, 0.29) is 11.5 Å². The van der Waals surface area contributed by atoms with E-state index >= 15 is 0 Å². The molecule has 0 aromatic heterocycles. The van der Waals surface area contributed by atoms with Gasteiger partial charge in [0.25, 0.3) is 5.91 Å². The van der Waals surface area contributed by atoms with E-state index in [0.717, 1.165) is 38.1 Å². The van der Waals surface area contributed by atoms with Crippen LogP contribution in [0.4, 0.5) is 0 Å². The summed E-state index contributed by atoms with van der Waals surface area (Å²) in [7, 11) is 1.66. The molecule has 122 valence electrons. The number of benzene rings is 1. The maximum atomic E-state index is 11.8. The summed E-state index contributed by atoms with van der Waals surface area (Å²) < 4.78 is 5.83. The van der Waals surface area contributed by atoms with Crippen LogP contribution in [-0.4, -0.2) is 42.6 Å². The summed E-state index contributed by atoms with van der Waals surface area (Å²) in [5, 5.41) is 2.68. The molecule has 2 rings (SSSR count). The first-order valence-electron chi connectivity index (χ1n) is 8.14. The number of hydrogen-bond acceptors (Lipinski definition) is 3. The monoisotopic (exact) mass is 304 g/mol. The molecule has 0 saturated carbocycles. The van der Waals surface area contributed by atoms with E-state index in [9.17, 15) is 4.79 Å². The molecule has 4 heteroatoms. The van der Waals surface area contributed by atoms with Gasteiger partial charge in [0.05, 0.1) is 5.60 Å². The Labute approximate surface area is 133 Å². The lowest BCUT2D eigenvalue weighted by Crippen LogP contribution is -2.45. The van der Waals surface area contributed by atoms with Gasteiger partial charge in [0.2, 0.25) is 0 Å². The molecule has 1 unspecified atom stereocenters. The van der Waals surface area contributed by atoms with Crippen LogP contribution in [0.25, 0.3) is 0 Å². The molecular formula is C18H28N2O2. The molecule has 0 aliphatic carbocycles. The Morgan fingerprint density at radius 1 is 1.45 bits per heavy atom. The van der Waals surface area contributed by atoms with E-state index in [2.05, 4.69) is 37.1 Å². The summed E-state index contributed by atoms with van der Waals surface area (Å²) >= 11 is 0. The standard InChI is InChI=1S/C18H28N2O2/c1-5-20(16-9-10-22-18(2,3)12-16)13-14-7-6-8-15(11-14)17(21)19-4/h6-8,11,16H,5,9-10,12-13H2,1-4H3,(H,19,21). The van der Waals surface area contributed by atoms with Crippen molar-refractivity contribution in [3.8, 4) is 0 Å². The Kier molecular flexibility index (Phi) is 5.59. The second kappa shape index (κ2) is 7.25. The van der Waals surface area contributed by atoms with E-state index in [1.807, 2.05) is 18.2 Å². The number of carbonyl (C=O) groups excluding carboxylic acids is 1. The molecule has 0 spiro atoms. The molecule has 1 N–H and O–H groups in total. The molecule has 0 radical (unpaired) electrons. The van der Waals surface area contributed by atoms with Crippen LogP contribution in [0.1, 0.15) is 49.5 Å². The predicted molar refractivity (Wildman–Crippen MR) is 89.0 cm³/mol. The van der Waals surface area contributed by atoms with Gasteiger partial charge in [-0.3, -0.25) is 9.69 Å². The molecule has 1 saturated heterocycles. The minimum Gasteiger partial charge on any atom is -0.375 e. The van der Waals surface area contributed by atoms with Crippen LogP contribution in [0.2, 0.25) is 0 Å². The topological polar surface area (TPSA) is 41.6 Å². The number of ether oxygens (including phenoxy) is 1. The van der Waals surface area contributed by atoms with Crippen molar-refractivity contribution >= 4 is 5.91 Å².